The van der Waals surface area contributed by atoms with Crippen LogP contribution in [0, 0.1) is 5.41 Å². The van der Waals surface area contributed by atoms with Crippen LogP contribution >= 0.6 is 11.8 Å². The highest BCUT2D eigenvalue weighted by Crippen LogP contribution is 2.47. The van der Waals surface area contributed by atoms with Crippen molar-refractivity contribution in [1.29, 1.82) is 5.41 Å². The summed E-state index contributed by atoms with van der Waals surface area (Å²) in [5.74, 6) is 1.37. The molecule has 5 rings (SSSR count). The molecule has 2 aromatic carbocycles. The number of amidine groups is 2. The highest BCUT2D eigenvalue weighted by atomic mass is 32.2. The van der Waals surface area contributed by atoms with Crippen molar-refractivity contribution in [2.24, 2.45) is 4.99 Å². The Morgan fingerprint density at radius 2 is 1.74 bits per heavy atom. The highest BCUT2D eigenvalue weighted by molar-refractivity contribution is 8.15. The van der Waals surface area contributed by atoms with E-state index in [9.17, 15) is 0 Å². The molecule has 1 N–H and O–H groups in total. The number of aliphatic imine (C=N–C) groups is 1. The van der Waals surface area contributed by atoms with Crippen LogP contribution in [0.4, 0.5) is 0 Å². The lowest BCUT2D eigenvalue weighted by Gasteiger charge is -2.38. The Labute approximate surface area is 164 Å². The molecule has 0 unspecified atom stereocenters. The van der Waals surface area contributed by atoms with Crippen LogP contribution in [0.3, 0.4) is 0 Å². The summed E-state index contributed by atoms with van der Waals surface area (Å²) in [4.78, 5) is 7.19. The van der Waals surface area contributed by atoms with Crippen LogP contribution in [0.1, 0.15) is 36.4 Å². The maximum atomic E-state index is 8.48. The van der Waals surface area contributed by atoms with Gasteiger partial charge in [-0.2, -0.15) is 0 Å². The lowest BCUT2D eigenvalue weighted by atomic mass is 9.83. The number of nitrogens with zero attached hydrogens (tertiary/aromatic N) is 2. The summed E-state index contributed by atoms with van der Waals surface area (Å²) < 4.78 is 0. The SMILES string of the molecule is N=C1CSC2=NC3=C(CCC/C3=C\c3ccccc3)[C@@H](c3ccccc3)N12. The van der Waals surface area contributed by atoms with E-state index in [1.54, 1.807) is 11.8 Å². The van der Waals surface area contributed by atoms with E-state index in [4.69, 9.17) is 10.4 Å². The average Bonchev–Trinajstić information content (AvgIpc) is 3.09. The van der Waals surface area contributed by atoms with Crippen LogP contribution in [0.25, 0.3) is 6.08 Å². The van der Waals surface area contributed by atoms with Crippen LogP contribution in [-0.2, 0) is 0 Å². The largest absolute Gasteiger partial charge is 0.297 e. The van der Waals surface area contributed by atoms with Gasteiger partial charge in [-0.1, -0.05) is 72.4 Å². The fourth-order valence-electron chi connectivity index (χ4n) is 4.19. The summed E-state index contributed by atoms with van der Waals surface area (Å²) in [5, 5.41) is 9.46. The van der Waals surface area contributed by atoms with Crippen molar-refractivity contribution in [1.82, 2.24) is 4.90 Å². The molecule has 2 heterocycles. The quantitative estimate of drug-likeness (QED) is 0.741. The average molecular weight is 372 g/mol. The molecule has 0 spiro atoms. The number of hydrogen-bond acceptors (Lipinski definition) is 3. The van der Waals surface area contributed by atoms with Gasteiger partial charge in [0.05, 0.1) is 17.5 Å². The summed E-state index contributed by atoms with van der Waals surface area (Å²) >= 11 is 1.69. The van der Waals surface area contributed by atoms with E-state index in [0.29, 0.717) is 11.6 Å². The zero-order chi connectivity index (χ0) is 18.2. The number of hydrogen-bond donors (Lipinski definition) is 1. The summed E-state index contributed by atoms with van der Waals surface area (Å²) in [6.07, 6.45) is 5.54. The molecule has 0 bridgehead atoms. The molecule has 0 amide bonds. The Morgan fingerprint density at radius 3 is 2.52 bits per heavy atom. The van der Waals surface area contributed by atoms with Crippen molar-refractivity contribution in [2.45, 2.75) is 25.3 Å². The van der Waals surface area contributed by atoms with Gasteiger partial charge >= 0.3 is 0 Å². The van der Waals surface area contributed by atoms with Gasteiger partial charge < -0.3 is 0 Å². The van der Waals surface area contributed by atoms with Gasteiger partial charge in [-0.3, -0.25) is 10.3 Å². The minimum absolute atomic E-state index is 0.107. The molecular formula is C23H21N3S. The number of thioether (sulfide) groups is 1. The number of nitrogens with one attached hydrogen (secondary N) is 1. The van der Waals surface area contributed by atoms with Crippen LogP contribution in [-0.4, -0.2) is 21.7 Å². The van der Waals surface area contributed by atoms with E-state index < -0.39 is 0 Å². The molecule has 0 radical (unpaired) electrons. The van der Waals surface area contributed by atoms with Gasteiger partial charge in [0.15, 0.2) is 5.17 Å². The van der Waals surface area contributed by atoms with Crippen LogP contribution in [0.15, 0.2) is 82.5 Å². The van der Waals surface area contributed by atoms with Gasteiger partial charge in [0.2, 0.25) is 0 Å². The molecule has 3 nitrogen and oxygen atoms in total. The molecule has 27 heavy (non-hydrogen) atoms. The fourth-order valence-corrected chi connectivity index (χ4v) is 5.11. The predicted molar refractivity (Wildman–Crippen MR) is 114 cm³/mol. The van der Waals surface area contributed by atoms with Crippen molar-refractivity contribution in [2.75, 3.05) is 5.75 Å². The molecule has 2 aromatic rings. The molecule has 0 aromatic heterocycles. The van der Waals surface area contributed by atoms with Gasteiger partial charge in [0, 0.05) is 0 Å². The number of fused-ring (bicyclic) bond motifs is 1. The first kappa shape index (κ1) is 16.6. The zero-order valence-electron chi connectivity index (χ0n) is 15.1. The zero-order valence-corrected chi connectivity index (χ0v) is 15.9. The maximum Gasteiger partial charge on any atom is 0.171 e. The second-order valence-electron chi connectivity index (χ2n) is 7.12. The van der Waals surface area contributed by atoms with Crippen LogP contribution in [0.2, 0.25) is 0 Å². The van der Waals surface area contributed by atoms with Crippen molar-refractivity contribution in [3.8, 4) is 0 Å². The molecule has 134 valence electrons. The molecule has 1 atom stereocenters. The Morgan fingerprint density at radius 1 is 1.00 bits per heavy atom. The van der Waals surface area contributed by atoms with Gasteiger partial charge in [0.1, 0.15) is 5.84 Å². The normalized spacial score (nSPS) is 23.3. The fraction of sp³-hybridized carbons (Fsp3) is 0.217. The first-order valence-corrected chi connectivity index (χ1v) is 10.4. The molecule has 2 aliphatic heterocycles. The molecule has 1 aliphatic carbocycles. The number of benzene rings is 2. The monoisotopic (exact) mass is 371 g/mol. The minimum Gasteiger partial charge on any atom is -0.297 e. The molecule has 1 saturated heterocycles. The summed E-state index contributed by atoms with van der Waals surface area (Å²) in [6, 6.07) is 21.2. The molecule has 1 fully saturated rings. The lowest BCUT2D eigenvalue weighted by molar-refractivity contribution is 0.473. The van der Waals surface area contributed by atoms with E-state index in [0.717, 1.165) is 30.1 Å². The van der Waals surface area contributed by atoms with Gasteiger partial charge in [-0.05, 0) is 47.6 Å². The Kier molecular flexibility index (Phi) is 4.21. The van der Waals surface area contributed by atoms with E-state index in [-0.39, 0.29) is 6.04 Å². The highest BCUT2D eigenvalue weighted by Gasteiger charge is 2.40. The number of allylic oxidation sites excluding steroid dienone is 1. The van der Waals surface area contributed by atoms with E-state index in [2.05, 4.69) is 71.6 Å². The summed E-state index contributed by atoms with van der Waals surface area (Å²) in [6.45, 7) is 0. The third kappa shape index (κ3) is 2.94. The topological polar surface area (TPSA) is 39.5 Å². The van der Waals surface area contributed by atoms with E-state index in [1.165, 1.54) is 22.3 Å². The van der Waals surface area contributed by atoms with Gasteiger partial charge in [-0.25, -0.2) is 4.99 Å². The van der Waals surface area contributed by atoms with Crippen LogP contribution < -0.4 is 0 Å². The Balaban J connectivity index is 1.66. The standard InChI is InChI=1S/C23H21N3S/c24-20-15-27-23-25-21-18(14-16-8-3-1-4-9-16)12-7-13-19(21)22(26(20)23)17-10-5-2-6-11-17/h1-6,8-11,14,22,24H,7,12-13,15H2/b18-14+,24-20?/t22-/m1/s1. The second-order valence-corrected chi connectivity index (χ2v) is 8.06. The first-order chi connectivity index (χ1) is 13.3. The third-order valence-electron chi connectivity index (χ3n) is 5.39. The van der Waals surface area contributed by atoms with Crippen molar-refractivity contribution >= 4 is 28.8 Å². The number of rotatable bonds is 2. The maximum absolute atomic E-state index is 8.48. The summed E-state index contributed by atoms with van der Waals surface area (Å²) in [7, 11) is 0. The summed E-state index contributed by atoms with van der Waals surface area (Å²) in [5.41, 5.74) is 6.34. The third-order valence-corrected chi connectivity index (χ3v) is 6.35. The second kappa shape index (κ2) is 6.86. The molecular weight excluding hydrogens is 350 g/mol. The molecule has 3 aliphatic rings. The predicted octanol–water partition coefficient (Wildman–Crippen LogP) is 5.64. The Bertz CT molecular complexity index is 973. The van der Waals surface area contributed by atoms with E-state index >= 15 is 0 Å². The van der Waals surface area contributed by atoms with Crippen molar-refractivity contribution in [3.05, 3.63) is 88.6 Å². The van der Waals surface area contributed by atoms with Crippen molar-refractivity contribution < 1.29 is 0 Å². The van der Waals surface area contributed by atoms with Gasteiger partial charge in [-0.15, -0.1) is 0 Å². The smallest absolute Gasteiger partial charge is 0.171 e. The van der Waals surface area contributed by atoms with Crippen molar-refractivity contribution in [3.63, 3.8) is 0 Å². The lowest BCUT2D eigenvalue weighted by Crippen LogP contribution is -2.38. The molecule has 0 saturated carbocycles. The van der Waals surface area contributed by atoms with Gasteiger partial charge in [0.25, 0.3) is 0 Å². The minimum atomic E-state index is 0.107. The first-order valence-electron chi connectivity index (χ1n) is 9.43. The Hall–Kier alpha value is -2.59. The van der Waals surface area contributed by atoms with E-state index in [1.807, 2.05) is 0 Å². The molecule has 4 heteroatoms. The van der Waals surface area contributed by atoms with Crippen LogP contribution in [0.5, 0.6) is 0 Å².